The van der Waals surface area contributed by atoms with E-state index in [0.29, 0.717) is 41.2 Å². The average molecular weight is 433 g/mol. The van der Waals surface area contributed by atoms with Crippen molar-refractivity contribution in [2.75, 3.05) is 14.2 Å². The highest BCUT2D eigenvalue weighted by Gasteiger charge is 2.15. The number of ether oxygens (including phenoxy) is 4. The summed E-state index contributed by atoms with van der Waals surface area (Å²) < 4.78 is 23.0. The number of hydrogen-bond donors (Lipinski definition) is 0. The first-order chi connectivity index (χ1) is 14.2. The molecule has 152 valence electrons. The van der Waals surface area contributed by atoms with Gasteiger partial charge in [-0.3, -0.25) is 0 Å². The molecule has 0 spiro atoms. The molecule has 0 unspecified atom stereocenters. The van der Waals surface area contributed by atoms with Gasteiger partial charge < -0.3 is 18.9 Å². The molecule has 4 nitrogen and oxygen atoms in total. The van der Waals surface area contributed by atoms with E-state index in [1.54, 1.807) is 26.4 Å². The molecule has 0 aliphatic carbocycles. The molecule has 0 fully saturated rings. The summed E-state index contributed by atoms with van der Waals surface area (Å²) in [6.45, 7) is 0.422. The van der Waals surface area contributed by atoms with Gasteiger partial charge in [-0.05, 0) is 29.3 Å². The first kappa shape index (κ1) is 21.2. The van der Waals surface area contributed by atoms with Gasteiger partial charge in [-0.25, -0.2) is 0 Å². The number of halogens is 2. The van der Waals surface area contributed by atoms with E-state index in [0.717, 1.165) is 16.7 Å². The van der Waals surface area contributed by atoms with Gasteiger partial charge in [0.1, 0.15) is 12.4 Å². The Morgan fingerprint density at radius 3 is 2.03 bits per heavy atom. The van der Waals surface area contributed by atoms with Crippen molar-refractivity contribution in [1.29, 1.82) is 0 Å². The van der Waals surface area contributed by atoms with Crippen LogP contribution in [-0.4, -0.2) is 14.2 Å². The molecule has 0 saturated carbocycles. The fourth-order valence-electron chi connectivity index (χ4n) is 2.79. The Morgan fingerprint density at radius 2 is 1.38 bits per heavy atom. The lowest BCUT2D eigenvalue weighted by Gasteiger charge is -2.17. The molecular formula is C23H22Cl2O4. The highest BCUT2D eigenvalue weighted by atomic mass is 35.5. The minimum absolute atomic E-state index is 0.255. The Labute approximate surface area is 180 Å². The van der Waals surface area contributed by atoms with E-state index < -0.39 is 0 Å². The van der Waals surface area contributed by atoms with E-state index >= 15 is 0 Å². The van der Waals surface area contributed by atoms with Crippen LogP contribution in [0.2, 0.25) is 0 Å². The first-order valence-corrected chi connectivity index (χ1v) is 10.1. The van der Waals surface area contributed by atoms with Crippen LogP contribution >= 0.6 is 23.2 Å². The minimum atomic E-state index is 0.255. The number of benzene rings is 3. The Bertz CT molecular complexity index is 945. The molecule has 0 aromatic heterocycles. The van der Waals surface area contributed by atoms with Crippen molar-refractivity contribution >= 4 is 23.2 Å². The van der Waals surface area contributed by atoms with E-state index in [1.165, 1.54) is 0 Å². The van der Waals surface area contributed by atoms with Crippen LogP contribution in [0.4, 0.5) is 0 Å². The topological polar surface area (TPSA) is 36.9 Å². The number of hydrogen-bond acceptors (Lipinski definition) is 4. The molecule has 0 aliphatic heterocycles. The van der Waals surface area contributed by atoms with Gasteiger partial charge >= 0.3 is 0 Å². The predicted octanol–water partition coefficient (Wildman–Crippen LogP) is 6.55. The second-order valence-corrected chi connectivity index (χ2v) is 6.77. The molecule has 0 N–H and O–H groups in total. The molecule has 29 heavy (non-hydrogen) atoms. The van der Waals surface area contributed by atoms with Crippen molar-refractivity contribution in [3.8, 4) is 28.7 Å². The second kappa shape index (κ2) is 10.3. The summed E-state index contributed by atoms with van der Waals surface area (Å²) in [6, 6.07) is 19.1. The number of rotatable bonds is 9. The van der Waals surface area contributed by atoms with Crippen molar-refractivity contribution in [2.45, 2.75) is 18.4 Å². The maximum absolute atomic E-state index is 6.20. The van der Waals surface area contributed by atoms with Crippen molar-refractivity contribution < 1.29 is 18.9 Å². The fraction of sp³-hybridized carbons (Fsp3) is 0.217. The summed E-state index contributed by atoms with van der Waals surface area (Å²) in [4.78, 5) is 0. The van der Waals surface area contributed by atoms with Gasteiger partial charge in [0, 0.05) is 17.5 Å². The molecule has 3 aromatic carbocycles. The predicted molar refractivity (Wildman–Crippen MR) is 116 cm³/mol. The van der Waals surface area contributed by atoms with Gasteiger partial charge in [-0.1, -0.05) is 36.4 Å². The molecule has 0 atom stereocenters. The van der Waals surface area contributed by atoms with Crippen molar-refractivity contribution in [2.24, 2.45) is 0 Å². The van der Waals surface area contributed by atoms with Crippen molar-refractivity contribution in [3.05, 3.63) is 77.4 Å². The third-order valence-corrected chi connectivity index (χ3v) is 4.93. The third kappa shape index (κ3) is 5.28. The zero-order valence-corrected chi connectivity index (χ0v) is 17.8. The Morgan fingerprint density at radius 1 is 0.655 bits per heavy atom. The largest absolute Gasteiger partial charge is 0.493 e. The van der Waals surface area contributed by atoms with E-state index in [-0.39, 0.29) is 5.88 Å². The van der Waals surface area contributed by atoms with Crippen LogP contribution in [0, 0.1) is 0 Å². The van der Waals surface area contributed by atoms with Gasteiger partial charge in [0.05, 0.1) is 20.1 Å². The Hall–Kier alpha value is -2.56. The average Bonchev–Trinajstić information content (AvgIpc) is 2.78. The summed E-state index contributed by atoms with van der Waals surface area (Å²) in [5.41, 5.74) is 2.75. The highest BCUT2D eigenvalue weighted by Crippen LogP contribution is 2.40. The monoisotopic (exact) mass is 432 g/mol. The molecule has 3 aromatic rings. The molecular weight excluding hydrogens is 411 g/mol. The van der Waals surface area contributed by atoms with Gasteiger partial charge in [0.25, 0.3) is 0 Å². The fourth-order valence-corrected chi connectivity index (χ4v) is 3.17. The van der Waals surface area contributed by atoms with E-state index in [4.69, 9.17) is 42.1 Å². The first-order valence-electron chi connectivity index (χ1n) is 9.02. The van der Waals surface area contributed by atoms with Crippen LogP contribution < -0.4 is 18.9 Å². The summed E-state index contributed by atoms with van der Waals surface area (Å²) in [5.74, 6) is 3.49. The van der Waals surface area contributed by atoms with E-state index in [1.807, 2.05) is 48.5 Å². The summed E-state index contributed by atoms with van der Waals surface area (Å²) in [5, 5.41) is 0. The van der Waals surface area contributed by atoms with Gasteiger partial charge in [-0.15, -0.1) is 23.2 Å². The van der Waals surface area contributed by atoms with Crippen LogP contribution in [0.25, 0.3) is 0 Å². The molecule has 0 radical (unpaired) electrons. The molecule has 0 heterocycles. The molecule has 3 rings (SSSR count). The van der Waals surface area contributed by atoms with Crippen LogP contribution in [0.3, 0.4) is 0 Å². The molecule has 0 amide bonds. The Balaban J connectivity index is 1.93. The van der Waals surface area contributed by atoms with Gasteiger partial charge in [0.2, 0.25) is 0 Å². The second-order valence-electron chi connectivity index (χ2n) is 6.24. The normalized spacial score (nSPS) is 10.5. The van der Waals surface area contributed by atoms with Crippen LogP contribution in [0.5, 0.6) is 28.7 Å². The lowest BCUT2D eigenvalue weighted by Crippen LogP contribution is -2.00. The van der Waals surface area contributed by atoms with E-state index in [9.17, 15) is 0 Å². The molecule has 6 heteroatoms. The van der Waals surface area contributed by atoms with Gasteiger partial charge in [0.15, 0.2) is 23.0 Å². The van der Waals surface area contributed by atoms with Crippen molar-refractivity contribution in [3.63, 3.8) is 0 Å². The maximum Gasteiger partial charge on any atom is 0.169 e. The zero-order chi connectivity index (χ0) is 20.6. The SMILES string of the molecule is COc1cc(CCl)c(Oc2cc(CCl)ccc2OCc2ccccc2)cc1OC. The third-order valence-electron chi connectivity index (χ3n) is 4.33. The maximum atomic E-state index is 6.20. The number of alkyl halides is 2. The minimum Gasteiger partial charge on any atom is -0.493 e. The summed E-state index contributed by atoms with van der Waals surface area (Å²) in [7, 11) is 3.15. The summed E-state index contributed by atoms with van der Waals surface area (Å²) in [6.07, 6.45) is 0. The lowest BCUT2D eigenvalue weighted by atomic mass is 10.2. The smallest absolute Gasteiger partial charge is 0.169 e. The standard InChI is InChI=1S/C23H22Cl2O4/c1-26-21-11-18(14-25)20(12-22(21)27-2)29-23-10-17(13-24)8-9-19(23)28-15-16-6-4-3-5-7-16/h3-12H,13-15H2,1-2H3. The Kier molecular flexibility index (Phi) is 7.50. The number of methoxy groups -OCH3 is 2. The van der Waals surface area contributed by atoms with Gasteiger partial charge in [-0.2, -0.15) is 0 Å². The molecule has 0 bridgehead atoms. The van der Waals surface area contributed by atoms with Crippen LogP contribution in [-0.2, 0) is 18.4 Å². The quantitative estimate of drug-likeness (QED) is 0.359. The van der Waals surface area contributed by atoms with E-state index in [2.05, 4.69) is 0 Å². The van der Waals surface area contributed by atoms with Crippen LogP contribution in [0.15, 0.2) is 60.7 Å². The highest BCUT2D eigenvalue weighted by molar-refractivity contribution is 6.17. The molecule has 0 aliphatic rings. The summed E-state index contributed by atoms with van der Waals surface area (Å²) >= 11 is 12.2. The van der Waals surface area contributed by atoms with Crippen LogP contribution in [0.1, 0.15) is 16.7 Å². The lowest BCUT2D eigenvalue weighted by molar-refractivity contribution is 0.290. The zero-order valence-electron chi connectivity index (χ0n) is 16.3. The molecule has 0 saturated heterocycles. The van der Waals surface area contributed by atoms with Crippen molar-refractivity contribution in [1.82, 2.24) is 0 Å².